The third-order valence-corrected chi connectivity index (χ3v) is 3.80. The van der Waals surface area contributed by atoms with E-state index in [0.717, 1.165) is 4.90 Å². The number of nitrogens with one attached hydrogen (secondary N) is 2. The van der Waals surface area contributed by atoms with Crippen LogP contribution in [0.3, 0.4) is 0 Å². The van der Waals surface area contributed by atoms with Gasteiger partial charge in [-0.15, -0.1) is 0 Å². The number of ether oxygens (including phenoxy) is 2. The lowest BCUT2D eigenvalue weighted by Crippen LogP contribution is -2.37. The number of likely N-dealkylation sites (N-methyl/N-ethyl adjacent to an activating group) is 1. The Bertz CT molecular complexity index is 889. The van der Waals surface area contributed by atoms with Crippen LogP contribution in [0.4, 0.5) is 5.69 Å². The minimum absolute atomic E-state index is 0.0661. The lowest BCUT2D eigenvalue weighted by molar-refractivity contribution is -0.136. The number of carbonyl (C=O) groups is 4. The van der Waals surface area contributed by atoms with Crippen molar-refractivity contribution in [2.45, 2.75) is 6.92 Å². The van der Waals surface area contributed by atoms with E-state index in [4.69, 9.17) is 9.47 Å². The van der Waals surface area contributed by atoms with Crippen molar-refractivity contribution in [2.24, 2.45) is 0 Å². The van der Waals surface area contributed by atoms with Gasteiger partial charge in [0.05, 0.1) is 13.7 Å². The van der Waals surface area contributed by atoms with Crippen molar-refractivity contribution in [1.82, 2.24) is 9.88 Å². The summed E-state index contributed by atoms with van der Waals surface area (Å²) >= 11 is 0. The minimum atomic E-state index is -0.768. The van der Waals surface area contributed by atoms with Crippen molar-refractivity contribution in [3.05, 3.63) is 47.8 Å². The predicted molar refractivity (Wildman–Crippen MR) is 100 cm³/mol. The van der Waals surface area contributed by atoms with Crippen LogP contribution in [0.25, 0.3) is 0 Å². The first-order chi connectivity index (χ1) is 13.3. The third-order valence-electron chi connectivity index (χ3n) is 3.80. The van der Waals surface area contributed by atoms with Gasteiger partial charge in [-0.2, -0.15) is 0 Å². The summed E-state index contributed by atoms with van der Waals surface area (Å²) in [5.41, 5.74) is 0.936. The van der Waals surface area contributed by atoms with Crippen LogP contribution in [0.2, 0.25) is 0 Å². The van der Waals surface area contributed by atoms with Crippen LogP contribution < -0.4 is 10.1 Å². The van der Waals surface area contributed by atoms with Gasteiger partial charge in [-0.05, 0) is 25.1 Å². The highest BCUT2D eigenvalue weighted by molar-refractivity contribution is 5.98. The Labute approximate surface area is 161 Å². The topological polar surface area (TPSA) is 118 Å². The number of nitrogens with zero attached hydrogens (tertiary/aromatic N) is 1. The lowest BCUT2D eigenvalue weighted by Gasteiger charge is -2.16. The molecule has 2 N–H and O–H groups in total. The molecule has 1 heterocycles. The maximum absolute atomic E-state index is 12.1. The van der Waals surface area contributed by atoms with Crippen LogP contribution >= 0.6 is 0 Å². The molecule has 2 rings (SSSR count). The largest absolute Gasteiger partial charge is 0.497 e. The average molecular weight is 387 g/mol. The summed E-state index contributed by atoms with van der Waals surface area (Å²) < 4.78 is 9.99. The fraction of sp³-hybridized carbons (Fsp3) is 0.263. The van der Waals surface area contributed by atoms with Gasteiger partial charge in [-0.3, -0.25) is 14.4 Å². The van der Waals surface area contributed by atoms with Gasteiger partial charge in [-0.1, -0.05) is 6.07 Å². The molecule has 148 valence electrons. The summed E-state index contributed by atoms with van der Waals surface area (Å²) in [6.45, 7) is 0.619. The molecular formula is C19H21N3O6. The number of methoxy groups -OCH3 is 1. The molecule has 0 saturated heterocycles. The van der Waals surface area contributed by atoms with E-state index in [0.29, 0.717) is 17.0 Å². The second-order valence-corrected chi connectivity index (χ2v) is 5.96. The van der Waals surface area contributed by atoms with E-state index in [-0.39, 0.29) is 18.0 Å². The molecule has 0 unspecified atom stereocenters. The lowest BCUT2D eigenvalue weighted by atomic mass is 10.2. The fourth-order valence-corrected chi connectivity index (χ4v) is 2.24. The first-order valence-corrected chi connectivity index (χ1v) is 8.34. The molecule has 0 aliphatic rings. The van der Waals surface area contributed by atoms with E-state index < -0.39 is 24.4 Å². The molecule has 0 fully saturated rings. The summed E-state index contributed by atoms with van der Waals surface area (Å²) in [6, 6.07) is 8.15. The molecule has 0 aliphatic heterocycles. The van der Waals surface area contributed by atoms with Gasteiger partial charge in [-0.25, -0.2) is 4.79 Å². The Morgan fingerprint density at radius 1 is 1.18 bits per heavy atom. The quantitative estimate of drug-likeness (QED) is 0.523. The zero-order chi connectivity index (χ0) is 20.7. The van der Waals surface area contributed by atoms with Gasteiger partial charge in [0.2, 0.25) is 5.91 Å². The van der Waals surface area contributed by atoms with E-state index in [1.165, 1.54) is 33.3 Å². The van der Waals surface area contributed by atoms with Crippen LogP contribution in [0.5, 0.6) is 5.75 Å². The standard InChI is InChI=1S/C19H21N3O6/c1-12(23)13-7-16(20-9-13)19(26)28-11-18(25)22(2)10-17(24)21-14-5-4-6-15(8-14)27-3/h4-9,20H,10-11H2,1-3H3,(H,21,24). The number of esters is 1. The highest BCUT2D eigenvalue weighted by Crippen LogP contribution is 2.16. The number of rotatable bonds is 8. The van der Waals surface area contributed by atoms with Crippen molar-refractivity contribution in [2.75, 3.05) is 32.6 Å². The number of hydrogen-bond donors (Lipinski definition) is 2. The normalized spacial score (nSPS) is 10.1. The molecule has 0 radical (unpaired) electrons. The summed E-state index contributed by atoms with van der Waals surface area (Å²) in [5.74, 6) is -1.34. The summed E-state index contributed by atoms with van der Waals surface area (Å²) in [7, 11) is 2.94. The second-order valence-electron chi connectivity index (χ2n) is 5.96. The smallest absolute Gasteiger partial charge is 0.355 e. The van der Waals surface area contributed by atoms with Crippen LogP contribution in [0.1, 0.15) is 27.8 Å². The SMILES string of the molecule is COc1cccc(NC(=O)CN(C)C(=O)COC(=O)c2cc(C(C)=O)c[nH]2)c1. The van der Waals surface area contributed by atoms with Gasteiger partial charge in [0.1, 0.15) is 11.4 Å². The zero-order valence-corrected chi connectivity index (χ0v) is 15.8. The van der Waals surface area contributed by atoms with Gasteiger partial charge in [0.15, 0.2) is 12.4 Å². The first kappa shape index (κ1) is 20.7. The Hall–Kier alpha value is -3.62. The number of benzene rings is 1. The fourth-order valence-electron chi connectivity index (χ4n) is 2.24. The number of H-pyrrole nitrogens is 1. The molecule has 0 saturated carbocycles. The van der Waals surface area contributed by atoms with E-state index in [2.05, 4.69) is 10.3 Å². The number of amides is 2. The van der Waals surface area contributed by atoms with Crippen molar-refractivity contribution in [3.63, 3.8) is 0 Å². The predicted octanol–water partition coefficient (Wildman–Crippen LogP) is 1.48. The number of carbonyl (C=O) groups excluding carboxylic acids is 4. The molecule has 2 amide bonds. The van der Waals surface area contributed by atoms with Gasteiger partial charge in [0.25, 0.3) is 5.91 Å². The highest BCUT2D eigenvalue weighted by atomic mass is 16.5. The summed E-state index contributed by atoms with van der Waals surface area (Å²) in [6.07, 6.45) is 1.38. The highest BCUT2D eigenvalue weighted by Gasteiger charge is 2.17. The minimum Gasteiger partial charge on any atom is -0.497 e. The molecule has 2 aromatic rings. The number of aromatic amines is 1. The number of anilines is 1. The van der Waals surface area contributed by atoms with Crippen molar-refractivity contribution >= 4 is 29.3 Å². The van der Waals surface area contributed by atoms with Crippen LogP contribution in [0, 0.1) is 0 Å². The maximum atomic E-state index is 12.1. The molecule has 0 atom stereocenters. The van der Waals surface area contributed by atoms with Gasteiger partial charge in [0, 0.05) is 30.6 Å². The Balaban J connectivity index is 1.81. The average Bonchev–Trinajstić information content (AvgIpc) is 3.16. The van der Waals surface area contributed by atoms with Gasteiger partial charge < -0.3 is 24.7 Å². The number of hydrogen-bond acceptors (Lipinski definition) is 6. The monoisotopic (exact) mass is 387 g/mol. The first-order valence-electron chi connectivity index (χ1n) is 8.34. The Morgan fingerprint density at radius 2 is 1.93 bits per heavy atom. The Morgan fingerprint density at radius 3 is 2.57 bits per heavy atom. The van der Waals surface area contributed by atoms with Crippen molar-refractivity contribution in [1.29, 1.82) is 0 Å². The number of ketones is 1. The van der Waals surface area contributed by atoms with Gasteiger partial charge >= 0.3 is 5.97 Å². The summed E-state index contributed by atoms with van der Waals surface area (Å²) in [4.78, 5) is 51.0. The molecular weight excluding hydrogens is 366 g/mol. The molecule has 9 nitrogen and oxygen atoms in total. The molecule has 0 spiro atoms. The maximum Gasteiger partial charge on any atom is 0.355 e. The second kappa shape index (κ2) is 9.36. The third kappa shape index (κ3) is 5.70. The molecule has 1 aromatic heterocycles. The van der Waals surface area contributed by atoms with Crippen LogP contribution in [-0.2, 0) is 14.3 Å². The zero-order valence-electron chi connectivity index (χ0n) is 15.8. The molecule has 0 bridgehead atoms. The van der Waals surface area contributed by atoms with Crippen LogP contribution in [-0.4, -0.2) is 60.8 Å². The Kier molecular flexibility index (Phi) is 6.91. The molecule has 0 aliphatic carbocycles. The van der Waals surface area contributed by atoms with Crippen molar-refractivity contribution < 1.29 is 28.7 Å². The van der Waals surface area contributed by atoms with Crippen LogP contribution in [0.15, 0.2) is 36.5 Å². The van der Waals surface area contributed by atoms with E-state index in [1.807, 2.05) is 0 Å². The molecule has 1 aromatic carbocycles. The van der Waals surface area contributed by atoms with E-state index >= 15 is 0 Å². The number of aromatic nitrogens is 1. The molecule has 28 heavy (non-hydrogen) atoms. The van der Waals surface area contributed by atoms with E-state index in [9.17, 15) is 19.2 Å². The number of Topliss-reactive ketones (excluding diaryl/α,β-unsaturated/α-hetero) is 1. The van der Waals surface area contributed by atoms with Crippen molar-refractivity contribution in [3.8, 4) is 5.75 Å². The van der Waals surface area contributed by atoms with E-state index in [1.54, 1.807) is 24.3 Å². The molecule has 9 heteroatoms. The summed E-state index contributed by atoms with van der Waals surface area (Å²) in [5, 5.41) is 2.65.